The van der Waals surface area contributed by atoms with Gasteiger partial charge >= 0.3 is 0 Å². The molecule has 0 aliphatic rings. The second-order valence-electron chi connectivity index (χ2n) is 3.15. The van der Waals surface area contributed by atoms with Crippen molar-refractivity contribution in [1.29, 1.82) is 0 Å². The van der Waals surface area contributed by atoms with E-state index in [9.17, 15) is 22.0 Å². The average molecular weight is 304 g/mol. The number of rotatable bonds is 4. The topological polar surface area (TPSA) is 58.3 Å². The molecule has 4 N–H and O–H groups in total. The summed E-state index contributed by atoms with van der Waals surface area (Å²) >= 11 is 3.67. The van der Waals surface area contributed by atoms with Crippen molar-refractivity contribution < 1.29 is 27.1 Å². The zero-order valence-electron chi connectivity index (χ0n) is 9.69. The zero-order chi connectivity index (χ0) is 15.0. The SMILES string of the molecule is Fc1c(F)c(F)c(CNCS)c(F)c1F.NCCO. The van der Waals surface area contributed by atoms with Crippen molar-refractivity contribution in [3.05, 3.63) is 34.6 Å². The predicted octanol–water partition coefficient (Wildman–Crippen LogP) is 1.30. The molecule has 0 radical (unpaired) electrons. The van der Waals surface area contributed by atoms with Crippen LogP contribution in [-0.2, 0) is 6.54 Å². The number of nitrogens with one attached hydrogen (secondary N) is 1. The number of thiol groups is 1. The Labute approximate surface area is 112 Å². The average Bonchev–Trinajstić information content (AvgIpc) is 2.43. The Morgan fingerprint density at radius 2 is 1.32 bits per heavy atom. The number of nitrogens with two attached hydrogens (primary N) is 1. The summed E-state index contributed by atoms with van der Waals surface area (Å²) in [6.07, 6.45) is 0. The van der Waals surface area contributed by atoms with Gasteiger partial charge in [0.25, 0.3) is 0 Å². The van der Waals surface area contributed by atoms with Crippen molar-refractivity contribution in [2.24, 2.45) is 5.73 Å². The second kappa shape index (κ2) is 9.08. The third-order valence-corrected chi connectivity index (χ3v) is 2.07. The molecule has 9 heteroatoms. The highest BCUT2D eigenvalue weighted by Crippen LogP contribution is 2.22. The van der Waals surface area contributed by atoms with Crippen molar-refractivity contribution in [3.8, 4) is 0 Å². The highest BCUT2D eigenvalue weighted by Gasteiger charge is 2.24. The van der Waals surface area contributed by atoms with E-state index in [-0.39, 0.29) is 12.5 Å². The molecule has 0 saturated carbocycles. The molecule has 0 fully saturated rings. The molecule has 0 aliphatic heterocycles. The van der Waals surface area contributed by atoms with E-state index < -0.39 is 41.2 Å². The monoisotopic (exact) mass is 304 g/mol. The van der Waals surface area contributed by atoms with E-state index in [0.717, 1.165) is 0 Å². The minimum atomic E-state index is -2.15. The summed E-state index contributed by atoms with van der Waals surface area (Å²) in [5.74, 6) is -9.62. The molecule has 0 aliphatic carbocycles. The molecule has 1 aromatic rings. The van der Waals surface area contributed by atoms with Crippen LogP contribution in [-0.4, -0.2) is 24.1 Å². The van der Waals surface area contributed by atoms with Gasteiger partial charge in [0.1, 0.15) is 0 Å². The number of halogens is 5. The first-order chi connectivity index (χ1) is 8.92. The molecule has 1 aromatic carbocycles. The molecule has 0 amide bonds. The lowest BCUT2D eigenvalue weighted by Crippen LogP contribution is -2.16. The lowest BCUT2D eigenvalue weighted by Gasteiger charge is -2.07. The highest BCUT2D eigenvalue weighted by molar-refractivity contribution is 7.80. The Balaban J connectivity index is 0.000000711. The molecule has 0 bridgehead atoms. The molecule has 1 rings (SSSR count). The molecule has 0 spiro atoms. The number of benzene rings is 1. The summed E-state index contributed by atoms with van der Waals surface area (Å²) in [5.41, 5.74) is 3.89. The Hall–Kier alpha value is -0.900. The van der Waals surface area contributed by atoms with Crippen LogP contribution in [0.5, 0.6) is 0 Å². The van der Waals surface area contributed by atoms with Gasteiger partial charge in [0.05, 0.1) is 6.61 Å². The van der Waals surface area contributed by atoms with E-state index >= 15 is 0 Å². The number of hydrogen-bond donors (Lipinski definition) is 4. The second-order valence-corrected chi connectivity index (χ2v) is 3.46. The standard InChI is InChI=1S/C8H6F5NS.C2H7NO/c9-4-3(1-14-2-15)5(10)7(12)8(13)6(4)11;3-1-2-4/h14-15H,1-2H2;4H,1-3H2. The van der Waals surface area contributed by atoms with Crippen molar-refractivity contribution >= 4 is 12.6 Å². The van der Waals surface area contributed by atoms with Crippen molar-refractivity contribution in [1.82, 2.24) is 5.32 Å². The fourth-order valence-corrected chi connectivity index (χ4v) is 1.10. The lowest BCUT2D eigenvalue weighted by molar-refractivity contribution is 0.306. The van der Waals surface area contributed by atoms with Crippen LogP contribution >= 0.6 is 12.6 Å². The summed E-state index contributed by atoms with van der Waals surface area (Å²) in [6, 6.07) is 0. The van der Waals surface area contributed by atoms with Crippen molar-refractivity contribution in [2.75, 3.05) is 19.0 Å². The summed E-state index contributed by atoms with van der Waals surface area (Å²) in [5, 5.41) is 10.1. The molecule has 0 unspecified atom stereocenters. The molecule has 0 saturated heterocycles. The van der Waals surface area contributed by atoms with Gasteiger partial charge in [-0.2, -0.15) is 12.6 Å². The van der Waals surface area contributed by atoms with Crippen LogP contribution in [0.15, 0.2) is 0 Å². The first-order valence-corrected chi connectivity index (χ1v) is 5.68. The Kier molecular flexibility index (Phi) is 8.65. The van der Waals surface area contributed by atoms with Crippen molar-refractivity contribution in [2.45, 2.75) is 6.54 Å². The number of hydrogen-bond acceptors (Lipinski definition) is 4. The fourth-order valence-electron chi connectivity index (χ4n) is 0.986. The van der Waals surface area contributed by atoms with Gasteiger partial charge in [0, 0.05) is 24.5 Å². The van der Waals surface area contributed by atoms with E-state index in [1.165, 1.54) is 0 Å². The van der Waals surface area contributed by atoms with E-state index in [2.05, 4.69) is 17.9 Å². The summed E-state index contributed by atoms with van der Waals surface area (Å²) in [6.45, 7) is -0.00468. The minimum absolute atomic E-state index is 0.0551. The van der Waals surface area contributed by atoms with E-state index in [1.54, 1.807) is 0 Å². The molecule has 0 atom stereocenters. The molecule has 0 aromatic heterocycles. The Morgan fingerprint density at radius 3 is 1.63 bits per heavy atom. The zero-order valence-corrected chi connectivity index (χ0v) is 10.6. The van der Waals surface area contributed by atoms with Crippen LogP contribution in [0.25, 0.3) is 0 Å². The number of aliphatic hydroxyl groups is 1. The van der Waals surface area contributed by atoms with Crippen LogP contribution in [0.2, 0.25) is 0 Å². The first-order valence-electron chi connectivity index (χ1n) is 5.05. The molecule has 3 nitrogen and oxygen atoms in total. The summed E-state index contributed by atoms with van der Waals surface area (Å²) < 4.78 is 63.7. The van der Waals surface area contributed by atoms with Gasteiger partial charge in [0.15, 0.2) is 23.3 Å². The highest BCUT2D eigenvalue weighted by atomic mass is 32.1. The lowest BCUT2D eigenvalue weighted by atomic mass is 10.1. The minimum Gasteiger partial charge on any atom is -0.395 e. The summed E-state index contributed by atoms with van der Waals surface area (Å²) in [4.78, 5) is 0. The quantitative estimate of drug-likeness (QED) is 0.223. The van der Waals surface area contributed by atoms with Crippen LogP contribution in [0.3, 0.4) is 0 Å². The van der Waals surface area contributed by atoms with E-state index in [0.29, 0.717) is 6.54 Å². The van der Waals surface area contributed by atoms with Gasteiger partial charge in [0.2, 0.25) is 5.82 Å². The van der Waals surface area contributed by atoms with Gasteiger partial charge in [-0.05, 0) is 0 Å². The third kappa shape index (κ3) is 4.94. The van der Waals surface area contributed by atoms with E-state index in [1.807, 2.05) is 0 Å². The van der Waals surface area contributed by atoms with Gasteiger partial charge in [-0.3, -0.25) is 0 Å². The maximum absolute atomic E-state index is 12.9. The summed E-state index contributed by atoms with van der Waals surface area (Å²) in [7, 11) is 0. The predicted molar refractivity (Wildman–Crippen MR) is 63.1 cm³/mol. The Morgan fingerprint density at radius 1 is 0.947 bits per heavy atom. The van der Waals surface area contributed by atoms with Crippen LogP contribution < -0.4 is 11.1 Å². The van der Waals surface area contributed by atoms with Gasteiger partial charge in [-0.25, -0.2) is 22.0 Å². The van der Waals surface area contributed by atoms with Crippen molar-refractivity contribution in [3.63, 3.8) is 0 Å². The fraction of sp³-hybridized carbons (Fsp3) is 0.400. The molecule has 0 heterocycles. The van der Waals surface area contributed by atoms with Crippen LogP contribution in [0.1, 0.15) is 5.56 Å². The third-order valence-electron chi connectivity index (χ3n) is 1.84. The molecule has 19 heavy (non-hydrogen) atoms. The van der Waals surface area contributed by atoms with Crippen LogP contribution in [0, 0.1) is 29.1 Å². The maximum Gasteiger partial charge on any atom is 0.200 e. The molecular formula is C10H13F5N2OS. The number of aliphatic hydroxyl groups excluding tert-OH is 1. The first kappa shape index (κ1) is 18.1. The smallest absolute Gasteiger partial charge is 0.200 e. The normalized spacial score (nSPS) is 10.1. The van der Waals surface area contributed by atoms with Crippen LogP contribution in [0.4, 0.5) is 22.0 Å². The van der Waals surface area contributed by atoms with E-state index in [4.69, 9.17) is 10.8 Å². The molecule has 110 valence electrons. The molecular weight excluding hydrogens is 291 g/mol. The Bertz CT molecular complexity index is 388. The maximum atomic E-state index is 12.9. The van der Waals surface area contributed by atoms with Gasteiger partial charge < -0.3 is 16.2 Å². The van der Waals surface area contributed by atoms with Gasteiger partial charge in [-0.15, -0.1) is 0 Å². The van der Waals surface area contributed by atoms with Gasteiger partial charge in [-0.1, -0.05) is 0 Å². The largest absolute Gasteiger partial charge is 0.395 e.